The Hall–Kier alpha value is -3.37. The number of rotatable bonds is 6. The Morgan fingerprint density at radius 2 is 2.00 bits per heavy atom. The van der Waals surface area contributed by atoms with E-state index in [9.17, 15) is 8.60 Å². The van der Waals surface area contributed by atoms with E-state index < -0.39 is 15.5 Å². The molecule has 4 aromatic rings. The van der Waals surface area contributed by atoms with E-state index in [0.29, 0.717) is 46.0 Å². The van der Waals surface area contributed by atoms with Gasteiger partial charge < -0.3 is 10.2 Å². The van der Waals surface area contributed by atoms with Gasteiger partial charge in [0.25, 0.3) is 0 Å². The van der Waals surface area contributed by atoms with Gasteiger partial charge in [0.2, 0.25) is 5.95 Å². The van der Waals surface area contributed by atoms with Gasteiger partial charge in [-0.05, 0) is 73.2 Å². The SMILES string of the molecule is CCS(=O)(CC)=Nc1cccc(-n2cc(F)c3cnc(Nc4cc5c6c(c4)CN(C)CC6CCC5)nc32)n1. The van der Waals surface area contributed by atoms with E-state index in [2.05, 4.69) is 48.7 Å². The molecule has 0 bridgehead atoms. The van der Waals surface area contributed by atoms with Crippen LogP contribution in [0.25, 0.3) is 16.9 Å². The standard InChI is InChI=1S/C28H32FN7OS/c1-4-38(37,5-2)34-24-10-7-11-25(32-24)36-17-23(29)22-14-30-28(33-27(22)36)31-21-12-18-8-6-9-19-15-35(3)16-20(13-21)26(18)19/h7,10-14,17,19H,4-6,8-9,15-16H2,1-3H3,(H,30,31,33). The van der Waals surface area contributed by atoms with Gasteiger partial charge >= 0.3 is 0 Å². The lowest BCUT2D eigenvalue weighted by molar-refractivity contribution is 0.266. The number of aryl methyl sites for hydroxylation is 1. The van der Waals surface area contributed by atoms with Crippen LogP contribution in [-0.4, -0.2) is 53.7 Å². The molecule has 8 nitrogen and oxygen atoms in total. The topological polar surface area (TPSA) is 88.3 Å². The summed E-state index contributed by atoms with van der Waals surface area (Å²) in [5, 5.41) is 3.67. The average Bonchev–Trinajstić information content (AvgIpc) is 3.24. The number of hydrogen-bond donors (Lipinski definition) is 1. The number of halogens is 1. The molecule has 1 atom stereocenters. The van der Waals surface area contributed by atoms with E-state index in [4.69, 9.17) is 0 Å². The predicted octanol–water partition coefficient (Wildman–Crippen LogP) is 5.70. The minimum Gasteiger partial charge on any atom is -0.324 e. The molecule has 1 unspecified atom stereocenters. The van der Waals surface area contributed by atoms with Gasteiger partial charge in [-0.25, -0.2) is 18.6 Å². The third-order valence-electron chi connectivity index (χ3n) is 7.61. The van der Waals surface area contributed by atoms with Gasteiger partial charge in [0.15, 0.2) is 17.3 Å². The fourth-order valence-corrected chi connectivity index (χ4v) is 6.85. The quantitative estimate of drug-likeness (QED) is 0.342. The molecular formula is C28H32FN7OS. The Bertz CT molecular complexity index is 1650. The number of nitrogens with one attached hydrogen (secondary N) is 1. The van der Waals surface area contributed by atoms with Crippen molar-refractivity contribution >= 4 is 38.2 Å². The van der Waals surface area contributed by atoms with Gasteiger partial charge in [-0.3, -0.25) is 4.57 Å². The van der Waals surface area contributed by atoms with Crippen LogP contribution in [0.1, 0.15) is 49.3 Å². The second-order valence-electron chi connectivity index (χ2n) is 10.2. The van der Waals surface area contributed by atoms with Crippen LogP contribution in [0, 0.1) is 5.82 Å². The van der Waals surface area contributed by atoms with Crippen molar-refractivity contribution in [1.82, 2.24) is 24.4 Å². The summed E-state index contributed by atoms with van der Waals surface area (Å²) in [5.41, 5.74) is 5.64. The molecule has 1 aromatic carbocycles. The number of benzene rings is 1. The zero-order chi connectivity index (χ0) is 26.4. The van der Waals surface area contributed by atoms with E-state index in [1.54, 1.807) is 22.8 Å². The average molecular weight is 534 g/mol. The van der Waals surface area contributed by atoms with Crippen molar-refractivity contribution < 1.29 is 8.60 Å². The van der Waals surface area contributed by atoms with Crippen molar-refractivity contribution in [1.29, 1.82) is 0 Å². The highest BCUT2D eigenvalue weighted by molar-refractivity contribution is 7.93. The van der Waals surface area contributed by atoms with Crippen LogP contribution in [0.3, 0.4) is 0 Å². The molecule has 198 valence electrons. The fraction of sp³-hybridized carbons (Fsp3) is 0.393. The van der Waals surface area contributed by atoms with Gasteiger partial charge in [-0.15, -0.1) is 0 Å². The Morgan fingerprint density at radius 1 is 1.18 bits per heavy atom. The molecule has 0 saturated heterocycles. The third kappa shape index (κ3) is 4.56. The van der Waals surface area contributed by atoms with E-state index in [0.717, 1.165) is 25.2 Å². The third-order valence-corrected chi connectivity index (χ3v) is 9.94. The largest absolute Gasteiger partial charge is 0.324 e. The summed E-state index contributed by atoms with van der Waals surface area (Å²) in [4.78, 5) is 16.0. The van der Waals surface area contributed by atoms with Crippen LogP contribution in [0.4, 0.5) is 21.8 Å². The maximum atomic E-state index is 14.9. The maximum Gasteiger partial charge on any atom is 0.229 e. The monoisotopic (exact) mass is 533 g/mol. The molecule has 1 aliphatic heterocycles. The van der Waals surface area contributed by atoms with Crippen LogP contribution >= 0.6 is 0 Å². The van der Waals surface area contributed by atoms with Gasteiger partial charge in [0, 0.05) is 42.7 Å². The second kappa shape index (κ2) is 9.74. The van der Waals surface area contributed by atoms with Crippen LogP contribution in [0.5, 0.6) is 0 Å². The summed E-state index contributed by atoms with van der Waals surface area (Å²) < 4.78 is 33.7. The molecular weight excluding hydrogens is 501 g/mol. The molecule has 3 aromatic heterocycles. The van der Waals surface area contributed by atoms with Crippen LogP contribution in [0.2, 0.25) is 0 Å². The lowest BCUT2D eigenvalue weighted by Crippen LogP contribution is -2.33. The van der Waals surface area contributed by atoms with Crippen molar-refractivity contribution in [2.24, 2.45) is 4.36 Å². The highest BCUT2D eigenvalue weighted by Crippen LogP contribution is 2.40. The number of pyridine rings is 1. The molecule has 6 rings (SSSR count). The van der Waals surface area contributed by atoms with Gasteiger partial charge in [0.1, 0.15) is 5.82 Å². The van der Waals surface area contributed by atoms with Crippen molar-refractivity contribution in [3.05, 3.63) is 65.2 Å². The van der Waals surface area contributed by atoms with Crippen molar-refractivity contribution in [3.8, 4) is 5.82 Å². The van der Waals surface area contributed by atoms with Crippen molar-refractivity contribution in [2.75, 3.05) is 30.4 Å². The normalized spacial score (nSPS) is 17.4. The minimum absolute atomic E-state index is 0.301. The van der Waals surface area contributed by atoms with Gasteiger partial charge in [-0.1, -0.05) is 19.9 Å². The summed E-state index contributed by atoms with van der Waals surface area (Å²) in [7, 11) is -0.193. The Labute approximate surface area is 222 Å². The summed E-state index contributed by atoms with van der Waals surface area (Å²) in [5.74, 6) is 2.26. The summed E-state index contributed by atoms with van der Waals surface area (Å²) in [6.45, 7) is 5.75. The lowest BCUT2D eigenvalue weighted by atomic mass is 9.77. The highest BCUT2D eigenvalue weighted by atomic mass is 32.2. The predicted molar refractivity (Wildman–Crippen MR) is 150 cm³/mol. The van der Waals surface area contributed by atoms with Crippen LogP contribution in [-0.2, 0) is 22.7 Å². The molecule has 4 heterocycles. The van der Waals surface area contributed by atoms with E-state index >= 15 is 0 Å². The molecule has 0 amide bonds. The molecule has 0 radical (unpaired) electrons. The number of hydrogen-bond acceptors (Lipinski definition) is 7. The van der Waals surface area contributed by atoms with Crippen LogP contribution in [0.15, 0.2) is 47.1 Å². The first kappa shape index (κ1) is 24.9. The summed E-state index contributed by atoms with van der Waals surface area (Å²) in [6.07, 6.45) is 6.38. The lowest BCUT2D eigenvalue weighted by Gasteiger charge is -2.37. The molecule has 1 N–H and O–H groups in total. The number of likely N-dealkylation sites (N-methyl/N-ethyl adjacent to an activating group) is 1. The van der Waals surface area contributed by atoms with Crippen molar-refractivity contribution in [2.45, 2.75) is 45.6 Å². The van der Waals surface area contributed by atoms with E-state index in [-0.39, 0.29) is 0 Å². The first-order valence-electron chi connectivity index (χ1n) is 13.2. The molecule has 0 saturated carbocycles. The smallest absolute Gasteiger partial charge is 0.229 e. The van der Waals surface area contributed by atoms with Gasteiger partial charge in [-0.2, -0.15) is 9.35 Å². The second-order valence-corrected chi connectivity index (χ2v) is 13.1. The minimum atomic E-state index is -2.37. The number of nitrogens with zero attached hydrogens (tertiary/aromatic N) is 6. The number of anilines is 2. The number of aromatic nitrogens is 4. The molecule has 0 spiro atoms. The Kier molecular flexibility index (Phi) is 6.39. The molecule has 2 aliphatic rings. The molecule has 38 heavy (non-hydrogen) atoms. The van der Waals surface area contributed by atoms with Gasteiger partial charge in [0.05, 0.1) is 15.1 Å². The Morgan fingerprint density at radius 3 is 2.82 bits per heavy atom. The van der Waals surface area contributed by atoms with E-state index in [1.165, 1.54) is 41.9 Å². The van der Waals surface area contributed by atoms with Crippen LogP contribution < -0.4 is 5.32 Å². The zero-order valence-electron chi connectivity index (χ0n) is 21.9. The number of fused-ring (bicyclic) bond motifs is 1. The van der Waals surface area contributed by atoms with Crippen molar-refractivity contribution in [3.63, 3.8) is 0 Å². The Balaban J connectivity index is 1.37. The first-order chi connectivity index (χ1) is 18.4. The zero-order valence-corrected chi connectivity index (χ0v) is 22.8. The summed E-state index contributed by atoms with van der Waals surface area (Å²) in [6, 6.07) is 9.66. The maximum absolute atomic E-state index is 14.9. The first-order valence-corrected chi connectivity index (χ1v) is 15.1. The summed E-state index contributed by atoms with van der Waals surface area (Å²) >= 11 is 0. The molecule has 1 aliphatic carbocycles. The van der Waals surface area contributed by atoms with E-state index in [1.807, 2.05) is 13.8 Å². The molecule has 10 heteroatoms. The molecule has 0 fully saturated rings. The fourth-order valence-electron chi connectivity index (χ4n) is 5.74. The highest BCUT2D eigenvalue weighted by Gasteiger charge is 2.29.